The molecule has 4 rings (SSSR count). The largest absolute Gasteiger partial charge is 0.331 e. The Balaban J connectivity index is 1.73. The molecule has 0 atom stereocenters. The van der Waals surface area contributed by atoms with Crippen molar-refractivity contribution in [1.82, 2.24) is 14.5 Å². The SMILES string of the molecule is CCN(CC)CC(=O)N1c2ccccc2CCc2ccc(NC(=O)n3ccnc3)cc21. The number of amides is 2. The van der Waals surface area contributed by atoms with Gasteiger partial charge in [-0.25, -0.2) is 9.78 Å². The fraction of sp³-hybridized carbons (Fsp3) is 0.292. The molecule has 0 fully saturated rings. The summed E-state index contributed by atoms with van der Waals surface area (Å²) >= 11 is 0. The van der Waals surface area contributed by atoms with Gasteiger partial charge in [-0.15, -0.1) is 0 Å². The number of aryl methyl sites for hydroxylation is 2. The molecule has 1 aromatic heterocycles. The molecular weight excluding hydrogens is 390 g/mol. The number of para-hydroxylation sites is 1. The van der Waals surface area contributed by atoms with Crippen molar-refractivity contribution < 1.29 is 9.59 Å². The van der Waals surface area contributed by atoms with E-state index in [1.54, 1.807) is 12.4 Å². The molecule has 2 aromatic carbocycles. The highest BCUT2D eigenvalue weighted by Crippen LogP contribution is 2.37. The van der Waals surface area contributed by atoms with Gasteiger partial charge in [-0.05, 0) is 55.3 Å². The number of benzene rings is 2. The average molecular weight is 418 g/mol. The zero-order chi connectivity index (χ0) is 21.8. The van der Waals surface area contributed by atoms with E-state index in [1.165, 1.54) is 10.9 Å². The zero-order valence-electron chi connectivity index (χ0n) is 17.9. The molecular formula is C24H27N5O2. The fourth-order valence-corrected chi connectivity index (χ4v) is 3.95. The molecule has 0 spiro atoms. The van der Waals surface area contributed by atoms with Crippen molar-refractivity contribution in [2.75, 3.05) is 29.9 Å². The second kappa shape index (κ2) is 9.14. The lowest BCUT2D eigenvalue weighted by molar-refractivity contribution is -0.119. The molecule has 2 amide bonds. The first-order valence-electron chi connectivity index (χ1n) is 10.7. The molecule has 0 bridgehead atoms. The molecule has 0 radical (unpaired) electrons. The summed E-state index contributed by atoms with van der Waals surface area (Å²) in [7, 11) is 0. The van der Waals surface area contributed by atoms with Crippen LogP contribution in [-0.4, -0.2) is 46.0 Å². The molecule has 0 aliphatic carbocycles. The molecule has 7 nitrogen and oxygen atoms in total. The van der Waals surface area contributed by atoms with E-state index in [0.717, 1.165) is 48.4 Å². The van der Waals surface area contributed by atoms with Crippen LogP contribution >= 0.6 is 0 Å². The number of hydrogen-bond donors (Lipinski definition) is 1. The first-order chi connectivity index (χ1) is 15.1. The van der Waals surface area contributed by atoms with E-state index in [0.29, 0.717) is 12.2 Å². The Morgan fingerprint density at radius 3 is 2.48 bits per heavy atom. The van der Waals surface area contributed by atoms with Crippen molar-refractivity contribution in [2.45, 2.75) is 26.7 Å². The van der Waals surface area contributed by atoms with Gasteiger partial charge < -0.3 is 5.32 Å². The maximum Gasteiger partial charge on any atom is 0.331 e. The fourth-order valence-electron chi connectivity index (χ4n) is 3.95. The van der Waals surface area contributed by atoms with Crippen molar-refractivity contribution in [3.05, 3.63) is 72.3 Å². The van der Waals surface area contributed by atoms with Crippen LogP contribution in [0.4, 0.5) is 21.9 Å². The average Bonchev–Trinajstić information content (AvgIpc) is 3.27. The number of nitrogens with one attached hydrogen (secondary N) is 1. The summed E-state index contributed by atoms with van der Waals surface area (Å²) in [6, 6.07) is 13.5. The second-order valence-corrected chi connectivity index (χ2v) is 7.56. The molecule has 0 saturated heterocycles. The summed E-state index contributed by atoms with van der Waals surface area (Å²) in [4.78, 5) is 33.8. The summed E-state index contributed by atoms with van der Waals surface area (Å²) in [5, 5.41) is 2.90. The third kappa shape index (κ3) is 4.36. The van der Waals surface area contributed by atoms with Gasteiger partial charge in [0.1, 0.15) is 6.33 Å². The highest BCUT2D eigenvalue weighted by atomic mass is 16.2. The molecule has 1 N–H and O–H groups in total. The Hall–Kier alpha value is -3.45. The highest BCUT2D eigenvalue weighted by Gasteiger charge is 2.27. The van der Waals surface area contributed by atoms with Gasteiger partial charge >= 0.3 is 6.03 Å². The molecule has 0 unspecified atom stereocenters. The topological polar surface area (TPSA) is 70.5 Å². The molecule has 31 heavy (non-hydrogen) atoms. The number of nitrogens with zero attached hydrogens (tertiary/aromatic N) is 4. The lowest BCUT2D eigenvalue weighted by Gasteiger charge is -2.28. The Morgan fingerprint density at radius 1 is 1.03 bits per heavy atom. The Morgan fingerprint density at radius 2 is 1.77 bits per heavy atom. The van der Waals surface area contributed by atoms with Crippen LogP contribution in [0.25, 0.3) is 0 Å². The van der Waals surface area contributed by atoms with Gasteiger partial charge in [0.05, 0.1) is 17.9 Å². The van der Waals surface area contributed by atoms with Crippen LogP contribution in [-0.2, 0) is 17.6 Å². The van der Waals surface area contributed by atoms with Gasteiger partial charge in [0, 0.05) is 18.1 Å². The summed E-state index contributed by atoms with van der Waals surface area (Å²) in [5.41, 5.74) is 4.61. The van der Waals surface area contributed by atoms with Crippen molar-refractivity contribution in [3.63, 3.8) is 0 Å². The van der Waals surface area contributed by atoms with E-state index in [2.05, 4.69) is 35.1 Å². The number of carbonyl (C=O) groups is 2. The van der Waals surface area contributed by atoms with E-state index < -0.39 is 0 Å². The number of aromatic nitrogens is 2. The minimum atomic E-state index is -0.299. The van der Waals surface area contributed by atoms with Crippen LogP contribution in [0, 0.1) is 0 Å². The molecule has 1 aliphatic rings. The minimum absolute atomic E-state index is 0.0254. The highest BCUT2D eigenvalue weighted by molar-refractivity contribution is 6.04. The van der Waals surface area contributed by atoms with Gasteiger partial charge in [0.15, 0.2) is 0 Å². The summed E-state index contributed by atoms with van der Waals surface area (Å²) in [6.07, 6.45) is 6.29. The number of imidazole rings is 1. The molecule has 3 aromatic rings. The maximum absolute atomic E-state index is 13.5. The second-order valence-electron chi connectivity index (χ2n) is 7.56. The van der Waals surface area contributed by atoms with Crippen molar-refractivity contribution in [2.24, 2.45) is 0 Å². The Bertz CT molecular complexity index is 1070. The van der Waals surface area contributed by atoms with Crippen molar-refractivity contribution in [3.8, 4) is 0 Å². The Labute approximate surface area is 182 Å². The normalized spacial score (nSPS) is 12.8. The number of anilines is 3. The van der Waals surface area contributed by atoms with Crippen LogP contribution in [0.15, 0.2) is 61.2 Å². The van der Waals surface area contributed by atoms with Crippen molar-refractivity contribution in [1.29, 1.82) is 0 Å². The van der Waals surface area contributed by atoms with Crippen LogP contribution < -0.4 is 10.2 Å². The van der Waals surface area contributed by atoms with E-state index in [9.17, 15) is 9.59 Å². The van der Waals surface area contributed by atoms with Crippen LogP contribution in [0.5, 0.6) is 0 Å². The lowest BCUT2D eigenvalue weighted by atomic mass is 10.0. The number of fused-ring (bicyclic) bond motifs is 2. The standard InChI is InChI=1S/C24H27N5O2/c1-3-27(4-2)16-23(30)29-21-8-6-5-7-18(21)9-10-19-11-12-20(15-22(19)29)26-24(31)28-14-13-25-17-28/h5-8,11-15,17H,3-4,9-10,16H2,1-2H3,(H,26,31). The summed E-state index contributed by atoms with van der Waals surface area (Å²) in [5.74, 6) is 0.0254. The Kier molecular flexibility index (Phi) is 6.13. The number of likely N-dealkylation sites (N-methyl/N-ethyl adjacent to an activating group) is 1. The smallest absolute Gasteiger partial charge is 0.307 e. The number of rotatable bonds is 5. The third-order valence-corrected chi connectivity index (χ3v) is 5.72. The number of carbonyl (C=O) groups excluding carboxylic acids is 2. The monoisotopic (exact) mass is 417 g/mol. The molecule has 0 saturated carbocycles. The molecule has 1 aliphatic heterocycles. The minimum Gasteiger partial charge on any atom is -0.307 e. The first-order valence-corrected chi connectivity index (χ1v) is 10.7. The quantitative estimate of drug-likeness (QED) is 0.679. The van der Waals surface area contributed by atoms with E-state index >= 15 is 0 Å². The van der Waals surface area contributed by atoms with Crippen LogP contribution in [0.2, 0.25) is 0 Å². The predicted molar refractivity (Wildman–Crippen MR) is 122 cm³/mol. The van der Waals surface area contributed by atoms with Gasteiger partial charge in [0.2, 0.25) is 5.91 Å². The van der Waals surface area contributed by atoms with Gasteiger partial charge in [-0.3, -0.25) is 19.2 Å². The number of hydrogen-bond acceptors (Lipinski definition) is 4. The van der Waals surface area contributed by atoms with E-state index in [-0.39, 0.29) is 11.9 Å². The summed E-state index contributed by atoms with van der Waals surface area (Å²) in [6.45, 7) is 6.08. The van der Waals surface area contributed by atoms with E-state index in [4.69, 9.17) is 0 Å². The van der Waals surface area contributed by atoms with Crippen LogP contribution in [0.1, 0.15) is 25.0 Å². The van der Waals surface area contributed by atoms with Gasteiger partial charge in [-0.1, -0.05) is 38.1 Å². The summed E-state index contributed by atoms with van der Waals surface area (Å²) < 4.78 is 1.38. The van der Waals surface area contributed by atoms with Gasteiger partial charge in [0.25, 0.3) is 0 Å². The third-order valence-electron chi connectivity index (χ3n) is 5.72. The predicted octanol–water partition coefficient (Wildman–Crippen LogP) is 4.07. The zero-order valence-corrected chi connectivity index (χ0v) is 17.9. The van der Waals surface area contributed by atoms with Crippen molar-refractivity contribution >= 4 is 29.0 Å². The molecule has 2 heterocycles. The van der Waals surface area contributed by atoms with E-state index in [1.807, 2.05) is 41.3 Å². The molecule has 7 heteroatoms. The van der Waals surface area contributed by atoms with Crippen LogP contribution in [0.3, 0.4) is 0 Å². The molecule has 160 valence electrons. The lowest BCUT2D eigenvalue weighted by Crippen LogP contribution is -2.38. The maximum atomic E-state index is 13.5. The van der Waals surface area contributed by atoms with Gasteiger partial charge in [-0.2, -0.15) is 0 Å². The first kappa shape index (κ1) is 20.8.